The molecule has 0 bridgehead atoms. The summed E-state index contributed by atoms with van der Waals surface area (Å²) in [6, 6.07) is 7.36. The molecule has 0 spiro atoms. The molecule has 5 heteroatoms. The second-order valence-corrected chi connectivity index (χ2v) is 7.58. The van der Waals surface area contributed by atoms with Gasteiger partial charge in [0.15, 0.2) is 9.84 Å². The third-order valence-electron chi connectivity index (χ3n) is 3.59. The van der Waals surface area contributed by atoms with Crippen molar-refractivity contribution in [2.45, 2.75) is 43.7 Å². The Balaban J connectivity index is 1.95. The van der Waals surface area contributed by atoms with E-state index in [1.54, 1.807) is 12.1 Å². The molecule has 1 N–H and O–H groups in total. The Morgan fingerprint density at radius 2 is 1.85 bits per heavy atom. The van der Waals surface area contributed by atoms with Crippen molar-refractivity contribution in [1.29, 1.82) is 0 Å². The van der Waals surface area contributed by atoms with Crippen LogP contribution < -0.4 is 5.32 Å². The summed E-state index contributed by atoms with van der Waals surface area (Å²) in [5, 5.41) is 3.40. The Morgan fingerprint density at radius 1 is 1.25 bits per heavy atom. The highest BCUT2D eigenvalue weighted by Crippen LogP contribution is 2.14. The monoisotopic (exact) mass is 297 g/mol. The summed E-state index contributed by atoms with van der Waals surface area (Å²) in [6.07, 6.45) is 1.91. The molecule has 20 heavy (non-hydrogen) atoms. The van der Waals surface area contributed by atoms with Crippen LogP contribution >= 0.6 is 0 Å². The number of hydrogen-bond donors (Lipinski definition) is 1. The third-order valence-corrected chi connectivity index (χ3v) is 5.52. The molecule has 1 aromatic carbocycles. The van der Waals surface area contributed by atoms with Crippen molar-refractivity contribution in [3.63, 3.8) is 0 Å². The second kappa shape index (κ2) is 6.70. The number of sulfone groups is 1. The summed E-state index contributed by atoms with van der Waals surface area (Å²) in [4.78, 5) is 0.406. The van der Waals surface area contributed by atoms with E-state index in [1.807, 2.05) is 26.0 Å². The molecule has 112 valence electrons. The summed E-state index contributed by atoms with van der Waals surface area (Å²) >= 11 is 0. The highest BCUT2D eigenvalue weighted by atomic mass is 32.2. The van der Waals surface area contributed by atoms with E-state index in [2.05, 4.69) is 5.32 Å². The van der Waals surface area contributed by atoms with Gasteiger partial charge in [0.25, 0.3) is 0 Å². The molecule has 1 aromatic rings. The van der Waals surface area contributed by atoms with Crippen molar-refractivity contribution < 1.29 is 13.2 Å². The van der Waals surface area contributed by atoms with Gasteiger partial charge in [0.2, 0.25) is 0 Å². The van der Waals surface area contributed by atoms with Gasteiger partial charge in [0, 0.05) is 25.3 Å². The number of hydrogen-bond acceptors (Lipinski definition) is 4. The van der Waals surface area contributed by atoms with E-state index in [4.69, 9.17) is 4.74 Å². The lowest BCUT2D eigenvalue weighted by atomic mass is 10.1. The van der Waals surface area contributed by atoms with Crippen molar-refractivity contribution in [3.05, 3.63) is 29.8 Å². The quantitative estimate of drug-likeness (QED) is 0.902. The maximum atomic E-state index is 12.3. The molecule has 1 saturated heterocycles. The van der Waals surface area contributed by atoms with Gasteiger partial charge in [-0.15, -0.1) is 0 Å². The van der Waals surface area contributed by atoms with Crippen molar-refractivity contribution in [2.75, 3.05) is 19.0 Å². The first-order valence-corrected chi connectivity index (χ1v) is 8.76. The average Bonchev–Trinajstić information content (AvgIpc) is 2.39. The zero-order valence-corrected chi connectivity index (χ0v) is 12.9. The standard InChI is InChI=1S/C15H23NO3S/c1-12-3-5-15(6-4-12)20(17,18)11-13(2)16-14-7-9-19-10-8-14/h3-6,13-14,16H,7-11H2,1-2H3/t13-/m0/s1. The largest absolute Gasteiger partial charge is 0.381 e. The maximum absolute atomic E-state index is 12.3. The van der Waals surface area contributed by atoms with Crippen LogP contribution in [0.1, 0.15) is 25.3 Å². The van der Waals surface area contributed by atoms with Crippen molar-refractivity contribution >= 4 is 9.84 Å². The molecular weight excluding hydrogens is 274 g/mol. The Kier molecular flexibility index (Phi) is 5.18. The molecule has 0 unspecified atom stereocenters. The van der Waals surface area contributed by atoms with Crippen LogP contribution in [0.3, 0.4) is 0 Å². The fourth-order valence-corrected chi connectivity index (χ4v) is 3.98. The van der Waals surface area contributed by atoms with Gasteiger partial charge in [0.1, 0.15) is 0 Å². The number of nitrogens with one attached hydrogen (secondary N) is 1. The van der Waals surface area contributed by atoms with Crippen LogP contribution in [0.4, 0.5) is 0 Å². The molecule has 2 rings (SSSR count). The van der Waals surface area contributed by atoms with Crippen molar-refractivity contribution in [1.82, 2.24) is 5.32 Å². The molecule has 0 aliphatic carbocycles. The van der Waals surface area contributed by atoms with E-state index in [9.17, 15) is 8.42 Å². The van der Waals surface area contributed by atoms with Gasteiger partial charge < -0.3 is 10.1 Å². The van der Waals surface area contributed by atoms with Gasteiger partial charge >= 0.3 is 0 Å². The van der Waals surface area contributed by atoms with Gasteiger partial charge in [-0.3, -0.25) is 0 Å². The molecule has 1 aliphatic heterocycles. The summed E-state index contributed by atoms with van der Waals surface area (Å²) in [5.41, 5.74) is 1.07. The lowest BCUT2D eigenvalue weighted by Crippen LogP contribution is -2.43. The van der Waals surface area contributed by atoms with Crippen molar-refractivity contribution in [3.8, 4) is 0 Å². The first kappa shape index (κ1) is 15.5. The Labute approximate surface area is 121 Å². The highest BCUT2D eigenvalue weighted by molar-refractivity contribution is 7.91. The minimum atomic E-state index is -3.22. The topological polar surface area (TPSA) is 55.4 Å². The molecule has 0 saturated carbocycles. The van der Waals surface area contributed by atoms with Crippen LogP contribution in [0.2, 0.25) is 0 Å². The van der Waals surface area contributed by atoms with E-state index < -0.39 is 9.84 Å². The first-order valence-electron chi connectivity index (χ1n) is 7.10. The van der Waals surface area contributed by atoms with E-state index in [0.717, 1.165) is 31.6 Å². The summed E-state index contributed by atoms with van der Waals surface area (Å²) < 4.78 is 30.0. The van der Waals surface area contributed by atoms with Gasteiger partial charge in [-0.05, 0) is 38.8 Å². The number of rotatable bonds is 5. The first-order chi connectivity index (χ1) is 9.47. The summed E-state index contributed by atoms with van der Waals surface area (Å²) in [7, 11) is -3.22. The number of benzene rings is 1. The highest BCUT2D eigenvalue weighted by Gasteiger charge is 2.21. The summed E-state index contributed by atoms with van der Waals surface area (Å²) in [5.74, 6) is 0.132. The Bertz CT molecular complexity index is 519. The zero-order valence-electron chi connectivity index (χ0n) is 12.1. The van der Waals surface area contributed by atoms with Gasteiger partial charge in [-0.2, -0.15) is 0 Å². The predicted molar refractivity (Wildman–Crippen MR) is 79.7 cm³/mol. The minimum Gasteiger partial charge on any atom is -0.381 e. The normalized spacial score (nSPS) is 18.9. The molecule has 1 fully saturated rings. The third kappa shape index (κ3) is 4.30. The van der Waals surface area contributed by atoms with Crippen molar-refractivity contribution in [2.24, 2.45) is 0 Å². The van der Waals surface area contributed by atoms with Crippen LogP contribution in [0.25, 0.3) is 0 Å². The summed E-state index contributed by atoms with van der Waals surface area (Å²) in [6.45, 7) is 5.40. The second-order valence-electron chi connectivity index (χ2n) is 5.55. The van der Waals surface area contributed by atoms with Gasteiger partial charge in [-0.1, -0.05) is 17.7 Å². The maximum Gasteiger partial charge on any atom is 0.179 e. The van der Waals surface area contributed by atoms with Gasteiger partial charge in [0.05, 0.1) is 10.6 Å². The number of ether oxygens (including phenoxy) is 1. The Morgan fingerprint density at radius 3 is 2.45 bits per heavy atom. The van der Waals surface area contributed by atoms with Gasteiger partial charge in [-0.25, -0.2) is 8.42 Å². The van der Waals surface area contributed by atoms with Crippen LogP contribution in [0.5, 0.6) is 0 Å². The lowest BCUT2D eigenvalue weighted by Gasteiger charge is -2.26. The molecule has 0 radical (unpaired) electrons. The number of aryl methyl sites for hydroxylation is 1. The van der Waals surface area contributed by atoms with E-state index in [1.165, 1.54) is 0 Å². The van der Waals surface area contributed by atoms with E-state index >= 15 is 0 Å². The molecule has 4 nitrogen and oxygen atoms in total. The zero-order chi connectivity index (χ0) is 14.6. The average molecular weight is 297 g/mol. The fraction of sp³-hybridized carbons (Fsp3) is 0.600. The Hall–Kier alpha value is -0.910. The SMILES string of the molecule is Cc1ccc(S(=O)(=O)C[C@H](C)NC2CCOCC2)cc1. The lowest BCUT2D eigenvalue weighted by molar-refractivity contribution is 0.0761. The molecule has 0 amide bonds. The van der Waals surface area contributed by atoms with Crippen LogP contribution in [-0.4, -0.2) is 39.5 Å². The van der Waals surface area contributed by atoms with Crippen LogP contribution in [-0.2, 0) is 14.6 Å². The predicted octanol–water partition coefficient (Wildman–Crippen LogP) is 1.93. The minimum absolute atomic E-state index is 0.0515. The molecule has 1 heterocycles. The van der Waals surface area contributed by atoms with E-state index in [-0.39, 0.29) is 11.8 Å². The fourth-order valence-electron chi connectivity index (χ4n) is 2.49. The van der Waals surface area contributed by atoms with E-state index in [0.29, 0.717) is 10.9 Å². The molecular formula is C15H23NO3S. The van der Waals surface area contributed by atoms with Crippen LogP contribution in [0.15, 0.2) is 29.2 Å². The molecule has 0 aromatic heterocycles. The smallest absolute Gasteiger partial charge is 0.179 e. The molecule has 1 atom stereocenters. The molecule has 1 aliphatic rings. The van der Waals surface area contributed by atoms with Crippen LogP contribution in [0, 0.1) is 6.92 Å².